The van der Waals surface area contributed by atoms with E-state index in [9.17, 15) is 13.2 Å². The van der Waals surface area contributed by atoms with Crippen LogP contribution in [0.5, 0.6) is 0 Å². The van der Waals surface area contributed by atoms with Crippen molar-refractivity contribution in [2.24, 2.45) is 0 Å². The molecule has 1 aromatic heterocycles. The van der Waals surface area contributed by atoms with Crippen LogP contribution in [0, 0.1) is 0 Å². The molecule has 0 bridgehead atoms. The number of carbonyl (C=O) groups excluding carboxylic acids is 1. The molecule has 2 rings (SSSR count). The molecule has 1 fully saturated rings. The highest BCUT2D eigenvalue weighted by molar-refractivity contribution is 7.89. The van der Waals surface area contributed by atoms with Gasteiger partial charge in [0.25, 0.3) is 5.91 Å². The van der Waals surface area contributed by atoms with Gasteiger partial charge in [-0.15, -0.1) is 11.3 Å². The van der Waals surface area contributed by atoms with Gasteiger partial charge in [-0.05, 0) is 12.5 Å². The maximum Gasteiger partial charge on any atom is 0.269 e. The van der Waals surface area contributed by atoms with Gasteiger partial charge >= 0.3 is 0 Å². The van der Waals surface area contributed by atoms with E-state index in [0.29, 0.717) is 10.8 Å². The van der Waals surface area contributed by atoms with Gasteiger partial charge in [0.2, 0.25) is 10.0 Å². The fourth-order valence-corrected chi connectivity index (χ4v) is 4.41. The molecular weight excluding hydrogens is 293 g/mol. The second-order valence-electron chi connectivity index (χ2n) is 3.28. The molecule has 0 aromatic carbocycles. The molecule has 1 aliphatic heterocycles. The predicted molar refractivity (Wildman–Crippen MR) is 63.8 cm³/mol. The third kappa shape index (κ3) is 2.07. The van der Waals surface area contributed by atoms with Crippen molar-refractivity contribution in [3.8, 4) is 0 Å². The van der Waals surface area contributed by atoms with Crippen LogP contribution in [0.4, 0.5) is 0 Å². The monoisotopic (exact) mass is 299 g/mol. The summed E-state index contributed by atoms with van der Waals surface area (Å²) < 4.78 is 24.5. The summed E-state index contributed by atoms with van der Waals surface area (Å²) >= 11 is 12.5. The summed E-state index contributed by atoms with van der Waals surface area (Å²) in [5.74, 6) is -0.584. The predicted octanol–water partition coefficient (Wildman–Crippen LogP) is 2.23. The van der Waals surface area contributed by atoms with E-state index in [-0.39, 0.29) is 22.2 Å². The molecule has 1 saturated heterocycles. The molecule has 2 heterocycles. The molecule has 0 spiro atoms. The van der Waals surface area contributed by atoms with Crippen LogP contribution in [0.25, 0.3) is 0 Å². The minimum Gasteiger partial charge on any atom is -0.268 e. The fourth-order valence-electron chi connectivity index (χ4n) is 1.49. The molecule has 1 amide bonds. The van der Waals surface area contributed by atoms with E-state index in [1.54, 1.807) is 0 Å². The summed E-state index contributed by atoms with van der Waals surface area (Å²) in [5, 5.41) is 0. The van der Waals surface area contributed by atoms with Crippen molar-refractivity contribution in [1.82, 2.24) is 4.31 Å². The van der Waals surface area contributed by atoms with E-state index in [4.69, 9.17) is 23.2 Å². The molecule has 4 nitrogen and oxygen atoms in total. The van der Waals surface area contributed by atoms with Crippen LogP contribution in [0.3, 0.4) is 0 Å². The van der Waals surface area contributed by atoms with E-state index in [0.717, 1.165) is 15.6 Å². The topological polar surface area (TPSA) is 54.5 Å². The van der Waals surface area contributed by atoms with Crippen molar-refractivity contribution >= 4 is 50.5 Å². The van der Waals surface area contributed by atoms with Gasteiger partial charge in [0.05, 0.1) is 15.7 Å². The van der Waals surface area contributed by atoms with E-state index < -0.39 is 15.9 Å². The summed E-state index contributed by atoms with van der Waals surface area (Å²) in [4.78, 5) is 11.9. The number of rotatable bonds is 1. The first-order valence-electron chi connectivity index (χ1n) is 4.41. The zero-order valence-electron chi connectivity index (χ0n) is 7.94. The average molecular weight is 300 g/mol. The SMILES string of the molecule is O=C(c1cc(Cl)sc1Cl)N1CCCS1(=O)=O. The summed E-state index contributed by atoms with van der Waals surface area (Å²) in [6.45, 7) is 0.213. The van der Waals surface area contributed by atoms with Crippen LogP contribution in [0.1, 0.15) is 16.8 Å². The van der Waals surface area contributed by atoms with Crippen molar-refractivity contribution < 1.29 is 13.2 Å². The number of thiophene rings is 1. The summed E-state index contributed by atoms with van der Waals surface area (Å²) in [6, 6.07) is 1.39. The van der Waals surface area contributed by atoms with Crippen LogP contribution in [-0.4, -0.2) is 30.9 Å². The average Bonchev–Trinajstić information content (AvgIpc) is 2.68. The lowest BCUT2D eigenvalue weighted by Gasteiger charge is -2.13. The second kappa shape index (κ2) is 4.18. The van der Waals surface area contributed by atoms with Crippen LogP contribution >= 0.6 is 34.5 Å². The van der Waals surface area contributed by atoms with Crippen LogP contribution < -0.4 is 0 Å². The third-order valence-corrected chi connectivity index (χ3v) is 5.53. The highest BCUT2D eigenvalue weighted by atomic mass is 35.5. The highest BCUT2D eigenvalue weighted by Gasteiger charge is 2.34. The van der Waals surface area contributed by atoms with E-state index in [1.807, 2.05) is 0 Å². The minimum absolute atomic E-state index is 0.00816. The highest BCUT2D eigenvalue weighted by Crippen LogP contribution is 2.33. The summed E-state index contributed by atoms with van der Waals surface area (Å²) in [5.41, 5.74) is 0.155. The number of hydrogen-bond acceptors (Lipinski definition) is 4. The van der Waals surface area contributed by atoms with E-state index >= 15 is 0 Å². The Morgan fingerprint density at radius 3 is 2.56 bits per heavy atom. The lowest BCUT2D eigenvalue weighted by Crippen LogP contribution is -2.32. The third-order valence-electron chi connectivity index (χ3n) is 2.21. The first-order chi connectivity index (χ1) is 7.42. The largest absolute Gasteiger partial charge is 0.269 e. The lowest BCUT2D eigenvalue weighted by molar-refractivity contribution is 0.0870. The van der Waals surface area contributed by atoms with Crippen LogP contribution in [-0.2, 0) is 10.0 Å². The lowest BCUT2D eigenvalue weighted by atomic mass is 10.3. The van der Waals surface area contributed by atoms with Crippen molar-refractivity contribution in [2.45, 2.75) is 6.42 Å². The van der Waals surface area contributed by atoms with Gasteiger partial charge in [-0.2, -0.15) is 0 Å². The van der Waals surface area contributed by atoms with Gasteiger partial charge in [-0.25, -0.2) is 12.7 Å². The molecule has 8 heteroatoms. The second-order valence-corrected chi connectivity index (χ2v) is 7.58. The molecule has 0 unspecified atom stereocenters. The summed E-state index contributed by atoms with van der Waals surface area (Å²) in [6.07, 6.45) is 0.462. The molecule has 0 N–H and O–H groups in total. The standard InChI is InChI=1S/C8H7Cl2NO3S2/c9-6-4-5(7(10)15-6)8(12)11-2-1-3-16(11,13)14/h4H,1-3H2. The van der Waals surface area contributed by atoms with Crippen LogP contribution in [0.2, 0.25) is 8.67 Å². The number of amides is 1. The Hall–Kier alpha value is -0.300. The van der Waals surface area contributed by atoms with Crippen molar-refractivity contribution in [1.29, 1.82) is 0 Å². The first kappa shape index (κ1) is 12.2. The van der Waals surface area contributed by atoms with E-state index in [2.05, 4.69) is 0 Å². The van der Waals surface area contributed by atoms with Gasteiger partial charge < -0.3 is 0 Å². The van der Waals surface area contributed by atoms with Gasteiger partial charge in [0.1, 0.15) is 4.34 Å². The molecule has 88 valence electrons. The maximum atomic E-state index is 11.9. The van der Waals surface area contributed by atoms with Crippen molar-refractivity contribution in [2.75, 3.05) is 12.3 Å². The smallest absolute Gasteiger partial charge is 0.268 e. The number of hydrogen-bond donors (Lipinski definition) is 0. The molecule has 0 radical (unpaired) electrons. The Morgan fingerprint density at radius 2 is 2.12 bits per heavy atom. The molecular formula is C8H7Cl2NO3S2. The molecule has 1 aliphatic rings. The Kier molecular flexibility index (Phi) is 3.18. The Balaban J connectivity index is 2.36. The van der Waals surface area contributed by atoms with Crippen molar-refractivity contribution in [3.63, 3.8) is 0 Å². The van der Waals surface area contributed by atoms with Crippen LogP contribution in [0.15, 0.2) is 6.07 Å². The maximum absolute atomic E-state index is 11.9. The Morgan fingerprint density at radius 1 is 1.44 bits per heavy atom. The molecule has 1 aromatic rings. The van der Waals surface area contributed by atoms with Crippen molar-refractivity contribution in [3.05, 3.63) is 20.3 Å². The first-order valence-corrected chi connectivity index (χ1v) is 7.59. The zero-order chi connectivity index (χ0) is 11.9. The normalized spacial score (nSPS) is 19.0. The zero-order valence-corrected chi connectivity index (χ0v) is 11.1. The van der Waals surface area contributed by atoms with E-state index in [1.165, 1.54) is 6.07 Å². The number of carbonyl (C=O) groups is 1. The number of halogens is 2. The minimum atomic E-state index is -3.46. The number of nitrogens with zero attached hydrogens (tertiary/aromatic N) is 1. The number of sulfonamides is 1. The quantitative estimate of drug-likeness (QED) is 0.799. The van der Waals surface area contributed by atoms with Gasteiger partial charge in [0, 0.05) is 6.54 Å². The molecule has 0 saturated carbocycles. The fraction of sp³-hybridized carbons (Fsp3) is 0.375. The van der Waals surface area contributed by atoms with Gasteiger partial charge in [-0.3, -0.25) is 4.79 Å². The molecule has 16 heavy (non-hydrogen) atoms. The molecule has 0 atom stereocenters. The summed E-state index contributed by atoms with van der Waals surface area (Å²) in [7, 11) is -3.46. The Bertz CT molecular complexity index is 537. The Labute approximate surface area is 107 Å². The van der Waals surface area contributed by atoms with Gasteiger partial charge in [-0.1, -0.05) is 23.2 Å². The van der Waals surface area contributed by atoms with Gasteiger partial charge in [0.15, 0.2) is 0 Å². The molecule has 0 aliphatic carbocycles.